The molecule has 2 atom stereocenters. The van der Waals surface area contributed by atoms with Crippen molar-refractivity contribution in [3.05, 3.63) is 170 Å². The molecule has 0 aromatic heterocycles. The topological polar surface area (TPSA) is 12.0 Å². The molecule has 5 aliphatic carbocycles. The van der Waals surface area contributed by atoms with Crippen molar-refractivity contribution in [2.24, 2.45) is 5.92 Å². The monoisotopic (exact) mass is 613 g/mol. The lowest BCUT2D eigenvalue weighted by atomic mass is 9.74. The van der Waals surface area contributed by atoms with Gasteiger partial charge in [-0.1, -0.05) is 109 Å². The van der Waals surface area contributed by atoms with Crippen molar-refractivity contribution in [3.8, 4) is 0 Å². The molecule has 2 unspecified atom stereocenters. The van der Waals surface area contributed by atoms with Crippen LogP contribution in [0.4, 0.5) is 0 Å². The molecule has 0 amide bonds. The SMILES string of the molecule is CC1=C(NC(Cc2ccccc2)C2=CC3=CC=C(C4=Cc5ccc(C6=Cc7ccc(C)cc7CC6)cc5CC4)CC3CC2)C=CCC1. The van der Waals surface area contributed by atoms with Gasteiger partial charge in [0.1, 0.15) is 0 Å². The first-order valence-electron chi connectivity index (χ1n) is 18.0. The van der Waals surface area contributed by atoms with Crippen molar-refractivity contribution in [3.63, 3.8) is 0 Å². The number of fused-ring (bicyclic) bond motifs is 3. The lowest BCUT2D eigenvalue weighted by Crippen LogP contribution is -2.34. The lowest BCUT2D eigenvalue weighted by Gasteiger charge is -2.34. The first-order chi connectivity index (χ1) is 23.1. The Morgan fingerprint density at radius 2 is 1.51 bits per heavy atom. The molecule has 0 spiro atoms. The van der Waals surface area contributed by atoms with Gasteiger partial charge in [-0.2, -0.15) is 0 Å². The largest absolute Gasteiger partial charge is 0.378 e. The van der Waals surface area contributed by atoms with Gasteiger partial charge in [-0.05, 0) is 157 Å². The summed E-state index contributed by atoms with van der Waals surface area (Å²) in [5, 5.41) is 3.99. The zero-order valence-corrected chi connectivity index (χ0v) is 28.1. The van der Waals surface area contributed by atoms with Crippen LogP contribution in [0, 0.1) is 12.8 Å². The Morgan fingerprint density at radius 1 is 0.723 bits per heavy atom. The minimum Gasteiger partial charge on any atom is -0.378 e. The summed E-state index contributed by atoms with van der Waals surface area (Å²) >= 11 is 0. The van der Waals surface area contributed by atoms with Gasteiger partial charge in [0, 0.05) is 5.70 Å². The molecule has 47 heavy (non-hydrogen) atoms. The third-order valence-electron chi connectivity index (χ3n) is 11.3. The van der Waals surface area contributed by atoms with E-state index in [9.17, 15) is 0 Å². The van der Waals surface area contributed by atoms with E-state index in [0.717, 1.165) is 44.9 Å². The van der Waals surface area contributed by atoms with Crippen LogP contribution in [-0.2, 0) is 19.3 Å². The van der Waals surface area contributed by atoms with Crippen molar-refractivity contribution in [2.45, 2.75) is 84.1 Å². The summed E-state index contributed by atoms with van der Waals surface area (Å²) in [4.78, 5) is 0. The van der Waals surface area contributed by atoms with Crippen LogP contribution >= 0.6 is 0 Å². The van der Waals surface area contributed by atoms with Gasteiger partial charge >= 0.3 is 0 Å². The minimum absolute atomic E-state index is 0.322. The van der Waals surface area contributed by atoms with E-state index < -0.39 is 0 Å². The molecule has 3 aromatic rings. The summed E-state index contributed by atoms with van der Waals surface area (Å²) in [5.41, 5.74) is 20.5. The summed E-state index contributed by atoms with van der Waals surface area (Å²) in [6, 6.07) is 25.5. The number of benzene rings is 3. The van der Waals surface area contributed by atoms with Crippen molar-refractivity contribution < 1.29 is 0 Å². The zero-order chi connectivity index (χ0) is 31.7. The molecule has 0 saturated heterocycles. The molecule has 0 fully saturated rings. The lowest BCUT2D eigenvalue weighted by molar-refractivity contribution is 0.506. The van der Waals surface area contributed by atoms with E-state index in [-0.39, 0.29) is 0 Å². The van der Waals surface area contributed by atoms with Crippen LogP contribution in [0.5, 0.6) is 0 Å². The van der Waals surface area contributed by atoms with Gasteiger partial charge in [0.25, 0.3) is 0 Å². The highest BCUT2D eigenvalue weighted by atomic mass is 14.9. The molecular weight excluding hydrogens is 567 g/mol. The second kappa shape index (κ2) is 13.0. The van der Waals surface area contributed by atoms with E-state index >= 15 is 0 Å². The highest BCUT2D eigenvalue weighted by Crippen LogP contribution is 2.42. The fourth-order valence-corrected chi connectivity index (χ4v) is 8.41. The van der Waals surface area contributed by atoms with E-state index in [1.54, 1.807) is 16.7 Å². The predicted molar refractivity (Wildman–Crippen MR) is 200 cm³/mol. The molecule has 5 aliphatic rings. The van der Waals surface area contributed by atoms with Crippen LogP contribution in [0.25, 0.3) is 17.7 Å². The standard InChI is InChI=1S/C46H47N/c1-31-12-13-35-26-36(15-14-34(35)24-31)37-16-17-39-28-40(19-18-38(39)27-37)41-20-21-43-30-44(23-22-42(43)29-41)46(25-33-9-4-3-5-10-33)47-45-11-7-6-8-32(45)2/h3-5,7,9-13,16-17,20-21,24,26-28,30,42,46-47H,6,8,14-15,18-19,22-23,25,29H2,1-2H3. The number of rotatable bonds is 7. The maximum atomic E-state index is 3.99. The Morgan fingerprint density at radius 3 is 2.36 bits per heavy atom. The van der Waals surface area contributed by atoms with Gasteiger partial charge in [-0.3, -0.25) is 0 Å². The second-order valence-corrected chi connectivity index (χ2v) is 14.5. The van der Waals surface area contributed by atoms with Crippen LogP contribution in [0.2, 0.25) is 0 Å². The molecule has 236 valence electrons. The average Bonchev–Trinajstić information content (AvgIpc) is 3.11. The van der Waals surface area contributed by atoms with Crippen molar-refractivity contribution in [1.82, 2.24) is 5.32 Å². The van der Waals surface area contributed by atoms with Gasteiger partial charge in [0.05, 0.1) is 6.04 Å². The van der Waals surface area contributed by atoms with E-state index in [1.807, 2.05) is 0 Å². The maximum absolute atomic E-state index is 3.99. The summed E-state index contributed by atoms with van der Waals surface area (Å²) in [5.74, 6) is 0.626. The smallest absolute Gasteiger partial charge is 0.0517 e. The number of nitrogens with one attached hydrogen (secondary N) is 1. The second-order valence-electron chi connectivity index (χ2n) is 14.5. The Labute approximate surface area is 281 Å². The van der Waals surface area contributed by atoms with Crippen molar-refractivity contribution >= 4 is 17.7 Å². The van der Waals surface area contributed by atoms with Gasteiger partial charge < -0.3 is 5.32 Å². The third-order valence-corrected chi connectivity index (χ3v) is 11.3. The van der Waals surface area contributed by atoms with Crippen LogP contribution < -0.4 is 5.32 Å². The Balaban J connectivity index is 1.02. The number of hydrogen-bond donors (Lipinski definition) is 1. The number of hydrogen-bond acceptors (Lipinski definition) is 1. The van der Waals surface area contributed by atoms with Crippen LogP contribution in [-0.4, -0.2) is 6.04 Å². The van der Waals surface area contributed by atoms with Gasteiger partial charge in [-0.15, -0.1) is 0 Å². The molecule has 0 radical (unpaired) electrons. The highest BCUT2D eigenvalue weighted by Gasteiger charge is 2.28. The summed E-state index contributed by atoms with van der Waals surface area (Å²) in [6.07, 6.45) is 28.5. The third kappa shape index (κ3) is 6.46. The average molecular weight is 614 g/mol. The summed E-state index contributed by atoms with van der Waals surface area (Å²) in [7, 11) is 0. The normalized spacial score (nSPS) is 20.9. The molecular formula is C46H47N. The number of allylic oxidation sites excluding steroid dienone is 10. The molecule has 1 heteroatoms. The fourth-order valence-electron chi connectivity index (χ4n) is 8.41. The van der Waals surface area contributed by atoms with E-state index in [0.29, 0.717) is 12.0 Å². The zero-order valence-electron chi connectivity index (χ0n) is 28.1. The first kappa shape index (κ1) is 30.0. The van der Waals surface area contributed by atoms with Crippen LogP contribution in [0.3, 0.4) is 0 Å². The highest BCUT2D eigenvalue weighted by molar-refractivity contribution is 5.85. The Bertz CT molecular complexity index is 1920. The van der Waals surface area contributed by atoms with Gasteiger partial charge in [0.15, 0.2) is 0 Å². The van der Waals surface area contributed by atoms with Gasteiger partial charge in [0.2, 0.25) is 0 Å². The quantitative estimate of drug-likeness (QED) is 0.279. The van der Waals surface area contributed by atoms with E-state index in [1.165, 1.54) is 80.6 Å². The first-order valence-corrected chi connectivity index (χ1v) is 18.0. The molecule has 0 bridgehead atoms. The molecule has 3 aromatic carbocycles. The van der Waals surface area contributed by atoms with E-state index in [2.05, 4.69) is 128 Å². The molecule has 0 aliphatic heterocycles. The Hall–Kier alpha value is -4.36. The van der Waals surface area contributed by atoms with Crippen LogP contribution in [0.15, 0.2) is 131 Å². The molecule has 8 rings (SSSR count). The summed E-state index contributed by atoms with van der Waals surface area (Å²) < 4.78 is 0. The maximum Gasteiger partial charge on any atom is 0.0517 e. The molecule has 1 nitrogen and oxygen atoms in total. The predicted octanol–water partition coefficient (Wildman–Crippen LogP) is 11.2. The summed E-state index contributed by atoms with van der Waals surface area (Å²) in [6.45, 7) is 4.49. The van der Waals surface area contributed by atoms with Crippen molar-refractivity contribution in [2.75, 3.05) is 0 Å². The Kier molecular flexibility index (Phi) is 8.32. The van der Waals surface area contributed by atoms with Gasteiger partial charge in [-0.25, -0.2) is 0 Å². The van der Waals surface area contributed by atoms with Crippen LogP contribution in [0.1, 0.15) is 90.8 Å². The molecule has 0 saturated carbocycles. The number of aryl methyl sites for hydroxylation is 3. The van der Waals surface area contributed by atoms with Crippen molar-refractivity contribution in [1.29, 1.82) is 0 Å². The molecule has 0 heterocycles. The molecule has 1 N–H and O–H groups in total. The van der Waals surface area contributed by atoms with E-state index in [4.69, 9.17) is 0 Å². The fraction of sp³-hybridized carbons (Fsp3) is 0.304. The minimum atomic E-state index is 0.322.